The monoisotopic (exact) mass is 744 g/mol. The number of benzene rings is 10. The van der Waals surface area contributed by atoms with Crippen LogP contribution in [-0.2, 0) is 0 Å². The summed E-state index contributed by atoms with van der Waals surface area (Å²) in [7, 11) is 0. The molecule has 12 rings (SSSR count). The van der Waals surface area contributed by atoms with E-state index in [2.05, 4.69) is 181 Å². The van der Waals surface area contributed by atoms with Gasteiger partial charge in [0.2, 0.25) is 0 Å². The van der Waals surface area contributed by atoms with E-state index in [1.807, 2.05) is 24.3 Å². The molecule has 4 nitrogen and oxygen atoms in total. The van der Waals surface area contributed by atoms with Crippen molar-refractivity contribution in [3.63, 3.8) is 0 Å². The van der Waals surface area contributed by atoms with Crippen molar-refractivity contribution in [2.75, 3.05) is 9.80 Å². The number of hydrogen-bond acceptors (Lipinski definition) is 4. The summed E-state index contributed by atoms with van der Waals surface area (Å²) in [5, 5.41) is 11.5. The maximum Gasteiger partial charge on any atom is 0.159 e. The quantitative estimate of drug-likeness (QED) is 0.159. The van der Waals surface area contributed by atoms with Crippen LogP contribution in [0.25, 0.3) is 76.2 Å². The normalized spacial score (nSPS) is 12.0. The fourth-order valence-electron chi connectivity index (χ4n) is 9.33. The molecule has 10 aromatic carbocycles. The molecule has 0 spiro atoms. The van der Waals surface area contributed by atoms with Crippen molar-refractivity contribution in [3.05, 3.63) is 193 Å². The number of nitrogens with zero attached hydrogens (tertiary/aromatic N) is 2. The van der Waals surface area contributed by atoms with Gasteiger partial charge in [0.15, 0.2) is 11.2 Å². The van der Waals surface area contributed by atoms with Crippen molar-refractivity contribution in [1.82, 2.24) is 0 Å². The minimum absolute atomic E-state index is 0.830. The Labute approximate surface area is 334 Å². The van der Waals surface area contributed by atoms with Crippen molar-refractivity contribution < 1.29 is 8.83 Å². The smallest absolute Gasteiger partial charge is 0.159 e. The second kappa shape index (κ2) is 12.5. The van der Waals surface area contributed by atoms with Crippen molar-refractivity contribution >= 4 is 110 Å². The van der Waals surface area contributed by atoms with Crippen LogP contribution in [0.15, 0.2) is 191 Å². The first-order valence-electron chi connectivity index (χ1n) is 19.8. The van der Waals surface area contributed by atoms with Crippen molar-refractivity contribution in [2.45, 2.75) is 13.8 Å². The zero-order chi connectivity index (χ0) is 38.5. The van der Waals surface area contributed by atoms with Crippen LogP contribution in [0.5, 0.6) is 0 Å². The lowest BCUT2D eigenvalue weighted by molar-refractivity contribution is 0.666. The third kappa shape index (κ3) is 4.82. The summed E-state index contributed by atoms with van der Waals surface area (Å²) in [4.78, 5) is 4.76. The molecule has 0 unspecified atom stereocenters. The Morgan fingerprint density at radius 3 is 1.26 bits per heavy atom. The molecular formula is C54H36N2O2. The first-order valence-corrected chi connectivity index (χ1v) is 19.8. The molecule has 2 heterocycles. The zero-order valence-corrected chi connectivity index (χ0v) is 32.0. The van der Waals surface area contributed by atoms with E-state index in [1.165, 1.54) is 38.1 Å². The molecule has 0 radical (unpaired) electrons. The van der Waals surface area contributed by atoms with Gasteiger partial charge in [0, 0.05) is 43.7 Å². The van der Waals surface area contributed by atoms with Gasteiger partial charge in [-0.2, -0.15) is 0 Å². The molecule has 0 N–H and O–H groups in total. The van der Waals surface area contributed by atoms with Crippen LogP contribution in [0.1, 0.15) is 11.1 Å². The van der Waals surface area contributed by atoms with Crippen molar-refractivity contribution in [1.29, 1.82) is 0 Å². The van der Waals surface area contributed by atoms with Crippen LogP contribution in [-0.4, -0.2) is 0 Å². The van der Waals surface area contributed by atoms with Crippen LogP contribution >= 0.6 is 0 Å². The molecule has 0 aliphatic rings. The average Bonchev–Trinajstić information content (AvgIpc) is 3.84. The lowest BCUT2D eigenvalue weighted by atomic mass is 9.91. The summed E-state index contributed by atoms with van der Waals surface area (Å²) in [6, 6.07) is 65.4. The average molecular weight is 745 g/mol. The molecular weight excluding hydrogens is 709 g/mol. The van der Waals surface area contributed by atoms with Crippen LogP contribution in [0, 0.1) is 13.8 Å². The van der Waals surface area contributed by atoms with Crippen molar-refractivity contribution in [3.8, 4) is 0 Å². The van der Waals surface area contributed by atoms with E-state index in [-0.39, 0.29) is 0 Å². The van der Waals surface area contributed by atoms with E-state index in [4.69, 9.17) is 8.83 Å². The highest BCUT2D eigenvalue weighted by Crippen LogP contribution is 2.50. The topological polar surface area (TPSA) is 32.8 Å². The molecule has 0 saturated heterocycles. The van der Waals surface area contributed by atoms with Gasteiger partial charge in [-0.05, 0) is 107 Å². The largest absolute Gasteiger partial charge is 0.454 e. The molecule has 12 aromatic rings. The highest BCUT2D eigenvalue weighted by molar-refractivity contribution is 6.29. The number of rotatable bonds is 6. The number of fused-ring (bicyclic) bond motifs is 6. The second-order valence-electron chi connectivity index (χ2n) is 15.4. The summed E-state index contributed by atoms with van der Waals surface area (Å²) in [6.07, 6.45) is 0. The first kappa shape index (κ1) is 32.7. The molecule has 0 aliphatic carbocycles. The van der Waals surface area contributed by atoms with Gasteiger partial charge >= 0.3 is 0 Å². The van der Waals surface area contributed by atoms with Gasteiger partial charge in [-0.1, -0.05) is 121 Å². The highest BCUT2D eigenvalue weighted by Gasteiger charge is 2.26. The van der Waals surface area contributed by atoms with E-state index in [0.29, 0.717) is 0 Å². The van der Waals surface area contributed by atoms with Gasteiger partial charge in [0.1, 0.15) is 11.2 Å². The maximum absolute atomic E-state index is 6.77. The van der Waals surface area contributed by atoms with Crippen molar-refractivity contribution in [2.24, 2.45) is 0 Å². The number of anilines is 6. The Hall–Kier alpha value is -7.56. The fraction of sp³-hybridized carbons (Fsp3) is 0.0370. The summed E-state index contributed by atoms with van der Waals surface area (Å²) in [6.45, 7) is 4.32. The first-order chi connectivity index (χ1) is 28.6. The van der Waals surface area contributed by atoms with Gasteiger partial charge in [0.05, 0.1) is 22.7 Å². The second-order valence-corrected chi connectivity index (χ2v) is 15.4. The molecule has 0 amide bonds. The summed E-state index contributed by atoms with van der Waals surface area (Å²) >= 11 is 0. The zero-order valence-electron chi connectivity index (χ0n) is 32.0. The van der Waals surface area contributed by atoms with Crippen LogP contribution < -0.4 is 9.80 Å². The molecule has 0 aliphatic heterocycles. The van der Waals surface area contributed by atoms with Gasteiger partial charge in [-0.3, -0.25) is 0 Å². The Morgan fingerprint density at radius 2 is 0.759 bits per heavy atom. The summed E-state index contributed by atoms with van der Waals surface area (Å²) in [5.41, 5.74) is 12.2. The van der Waals surface area contributed by atoms with Gasteiger partial charge in [-0.25, -0.2) is 0 Å². The van der Waals surface area contributed by atoms with E-state index in [1.54, 1.807) is 0 Å². The predicted octanol–water partition coefficient (Wildman–Crippen LogP) is 15.9. The molecule has 2 aromatic heterocycles. The Morgan fingerprint density at radius 1 is 0.328 bits per heavy atom. The Kier molecular flexibility index (Phi) is 7.02. The predicted molar refractivity (Wildman–Crippen MR) is 244 cm³/mol. The molecule has 0 atom stereocenters. The van der Waals surface area contributed by atoms with E-state index in [0.717, 1.165) is 83.4 Å². The number of hydrogen-bond donors (Lipinski definition) is 0. The van der Waals surface area contributed by atoms with Crippen LogP contribution in [0.2, 0.25) is 0 Å². The fourth-order valence-corrected chi connectivity index (χ4v) is 9.33. The third-order valence-corrected chi connectivity index (χ3v) is 11.9. The molecule has 4 heteroatoms. The summed E-state index contributed by atoms with van der Waals surface area (Å²) in [5.74, 6) is 0. The lowest BCUT2D eigenvalue weighted by Crippen LogP contribution is -2.12. The number of furan rings is 2. The Bertz CT molecular complexity index is 3410. The molecule has 0 saturated carbocycles. The van der Waals surface area contributed by atoms with Crippen LogP contribution in [0.3, 0.4) is 0 Å². The molecule has 0 fully saturated rings. The van der Waals surface area contributed by atoms with Gasteiger partial charge in [-0.15, -0.1) is 0 Å². The van der Waals surface area contributed by atoms with E-state index >= 15 is 0 Å². The molecule has 58 heavy (non-hydrogen) atoms. The number of para-hydroxylation sites is 4. The number of aryl methyl sites for hydroxylation is 2. The third-order valence-electron chi connectivity index (χ3n) is 11.9. The Balaban J connectivity index is 1.17. The molecule has 0 bridgehead atoms. The van der Waals surface area contributed by atoms with Crippen LogP contribution in [0.4, 0.5) is 34.1 Å². The SMILES string of the molecule is Cc1cccc(N(c2cccc(C)c2)c2ccc3ccc4c(N(c5cccc6c5oc5ccccc56)c5cccc6c5oc5ccccc56)ccc5ccc2c3c54)c1. The van der Waals surface area contributed by atoms with E-state index in [9.17, 15) is 0 Å². The summed E-state index contributed by atoms with van der Waals surface area (Å²) < 4.78 is 13.5. The van der Waals surface area contributed by atoms with Gasteiger partial charge in [0.25, 0.3) is 0 Å². The minimum atomic E-state index is 0.830. The minimum Gasteiger partial charge on any atom is -0.454 e. The standard InChI is InChI=1S/C54H36N2O2/c1-33-11-7-13-37(31-33)55(38-14-8-12-34(2)32-38)45-29-25-35-24-28-44-46(30-26-36-23-27-43(45)51(35)52(36)44)56(47-19-9-17-41-39-15-3-5-21-49(39)57-53(41)47)48-20-10-18-42-40-16-4-6-22-50(40)58-54(42)48/h3-32H,1-2H3. The van der Waals surface area contributed by atoms with E-state index < -0.39 is 0 Å². The molecule has 274 valence electrons. The maximum atomic E-state index is 6.77. The van der Waals surface area contributed by atoms with Gasteiger partial charge < -0.3 is 18.6 Å². The lowest BCUT2D eigenvalue weighted by Gasteiger charge is -2.29. The highest BCUT2D eigenvalue weighted by atomic mass is 16.3.